The van der Waals surface area contributed by atoms with E-state index in [4.69, 9.17) is 0 Å². The van der Waals surface area contributed by atoms with Gasteiger partial charge in [0.2, 0.25) is 5.91 Å². The van der Waals surface area contributed by atoms with Crippen LogP contribution in [-0.2, 0) is 4.79 Å². The topological polar surface area (TPSA) is 41.1 Å². The Labute approximate surface area is 88.7 Å². The molecule has 82 valence electrons. The Hall–Kier alpha value is -1.58. The summed E-state index contributed by atoms with van der Waals surface area (Å²) < 4.78 is 13.3. The molecule has 1 amide bonds. The van der Waals surface area contributed by atoms with Gasteiger partial charge in [-0.05, 0) is 32.0 Å². The summed E-state index contributed by atoms with van der Waals surface area (Å²) in [7, 11) is 0. The summed E-state index contributed by atoms with van der Waals surface area (Å²) in [6, 6.07) is 4.58. The molecule has 0 aliphatic carbocycles. The van der Waals surface area contributed by atoms with E-state index in [0.29, 0.717) is 11.4 Å². The normalized spacial score (nSPS) is 10.2. The van der Waals surface area contributed by atoms with Crippen molar-refractivity contribution in [2.75, 3.05) is 10.6 Å². The molecule has 0 saturated heterocycles. The van der Waals surface area contributed by atoms with Crippen molar-refractivity contribution < 1.29 is 9.18 Å². The molecule has 1 aromatic carbocycles. The maximum atomic E-state index is 13.3. The van der Waals surface area contributed by atoms with Crippen LogP contribution in [0.15, 0.2) is 18.2 Å². The number of amides is 1. The quantitative estimate of drug-likeness (QED) is 0.805. The Balaban J connectivity index is 2.89. The first-order valence-corrected chi connectivity index (χ1v) is 4.82. The molecule has 1 rings (SSSR count). The number of anilines is 2. The van der Waals surface area contributed by atoms with Gasteiger partial charge in [0, 0.05) is 18.7 Å². The Kier molecular flexibility index (Phi) is 3.66. The SMILES string of the molecule is CC(=O)Nc1ccc(F)c(NC(C)C)c1. The molecule has 0 fully saturated rings. The van der Waals surface area contributed by atoms with Gasteiger partial charge in [0.1, 0.15) is 5.82 Å². The smallest absolute Gasteiger partial charge is 0.221 e. The van der Waals surface area contributed by atoms with Crippen molar-refractivity contribution >= 4 is 17.3 Å². The van der Waals surface area contributed by atoms with E-state index < -0.39 is 0 Å². The molecule has 0 radical (unpaired) electrons. The fraction of sp³-hybridized carbons (Fsp3) is 0.364. The zero-order valence-electron chi connectivity index (χ0n) is 9.10. The second kappa shape index (κ2) is 4.77. The number of nitrogens with one attached hydrogen (secondary N) is 2. The summed E-state index contributed by atoms with van der Waals surface area (Å²) >= 11 is 0. The Morgan fingerprint density at radius 1 is 1.40 bits per heavy atom. The molecule has 0 unspecified atom stereocenters. The molecule has 0 bridgehead atoms. The molecule has 0 atom stereocenters. The van der Waals surface area contributed by atoms with Gasteiger partial charge in [0.05, 0.1) is 5.69 Å². The van der Waals surface area contributed by atoms with Crippen molar-refractivity contribution in [3.8, 4) is 0 Å². The van der Waals surface area contributed by atoms with E-state index in [-0.39, 0.29) is 17.8 Å². The highest BCUT2D eigenvalue weighted by molar-refractivity contribution is 5.89. The summed E-state index contributed by atoms with van der Waals surface area (Å²) in [6.45, 7) is 5.26. The maximum Gasteiger partial charge on any atom is 0.221 e. The largest absolute Gasteiger partial charge is 0.380 e. The fourth-order valence-corrected chi connectivity index (χ4v) is 1.23. The monoisotopic (exact) mass is 210 g/mol. The number of benzene rings is 1. The van der Waals surface area contributed by atoms with Crippen LogP contribution in [0.1, 0.15) is 20.8 Å². The third-order valence-electron chi connectivity index (χ3n) is 1.73. The van der Waals surface area contributed by atoms with Crippen LogP contribution in [0.5, 0.6) is 0 Å². The number of hydrogen-bond donors (Lipinski definition) is 2. The zero-order valence-corrected chi connectivity index (χ0v) is 9.10. The van der Waals surface area contributed by atoms with Crippen LogP contribution in [0.2, 0.25) is 0 Å². The molecule has 0 saturated carbocycles. The molecule has 0 heterocycles. The van der Waals surface area contributed by atoms with E-state index in [1.165, 1.54) is 19.1 Å². The number of rotatable bonds is 3. The highest BCUT2D eigenvalue weighted by Crippen LogP contribution is 2.20. The molecule has 0 spiro atoms. The maximum absolute atomic E-state index is 13.3. The Bertz CT molecular complexity index is 364. The van der Waals surface area contributed by atoms with Crippen molar-refractivity contribution in [2.45, 2.75) is 26.8 Å². The van der Waals surface area contributed by atoms with Crippen molar-refractivity contribution in [2.24, 2.45) is 0 Å². The average molecular weight is 210 g/mol. The van der Waals surface area contributed by atoms with Crippen LogP contribution in [-0.4, -0.2) is 11.9 Å². The van der Waals surface area contributed by atoms with Crippen LogP contribution in [0.4, 0.5) is 15.8 Å². The third-order valence-corrected chi connectivity index (χ3v) is 1.73. The van der Waals surface area contributed by atoms with E-state index in [1.54, 1.807) is 6.07 Å². The molecular formula is C11H15FN2O. The van der Waals surface area contributed by atoms with Gasteiger partial charge in [-0.15, -0.1) is 0 Å². The number of halogens is 1. The average Bonchev–Trinajstić information content (AvgIpc) is 2.09. The first kappa shape index (κ1) is 11.5. The molecular weight excluding hydrogens is 195 g/mol. The molecule has 0 aliphatic rings. The van der Waals surface area contributed by atoms with E-state index >= 15 is 0 Å². The first-order valence-electron chi connectivity index (χ1n) is 4.82. The second-order valence-corrected chi connectivity index (χ2v) is 3.67. The summed E-state index contributed by atoms with van der Waals surface area (Å²) in [5.41, 5.74) is 0.989. The predicted molar refractivity (Wildman–Crippen MR) is 59.5 cm³/mol. The standard InChI is InChI=1S/C11H15FN2O/c1-7(2)13-11-6-9(14-8(3)15)4-5-10(11)12/h4-7,13H,1-3H3,(H,14,15). The number of carbonyl (C=O) groups excluding carboxylic acids is 1. The third kappa shape index (κ3) is 3.58. The van der Waals surface area contributed by atoms with Gasteiger partial charge in [-0.1, -0.05) is 0 Å². The summed E-state index contributed by atoms with van der Waals surface area (Å²) in [5, 5.41) is 5.56. The lowest BCUT2D eigenvalue weighted by Crippen LogP contribution is -2.12. The van der Waals surface area contributed by atoms with Crippen LogP contribution in [0.25, 0.3) is 0 Å². The number of carbonyl (C=O) groups is 1. The lowest BCUT2D eigenvalue weighted by Gasteiger charge is -2.12. The van der Waals surface area contributed by atoms with Crippen molar-refractivity contribution in [3.63, 3.8) is 0 Å². The lowest BCUT2D eigenvalue weighted by molar-refractivity contribution is -0.114. The van der Waals surface area contributed by atoms with Gasteiger partial charge < -0.3 is 10.6 Å². The van der Waals surface area contributed by atoms with Gasteiger partial charge in [0.15, 0.2) is 0 Å². The minimum atomic E-state index is -0.321. The second-order valence-electron chi connectivity index (χ2n) is 3.67. The molecule has 3 nitrogen and oxygen atoms in total. The minimum Gasteiger partial charge on any atom is -0.380 e. The van der Waals surface area contributed by atoms with Crippen LogP contribution < -0.4 is 10.6 Å². The summed E-state index contributed by atoms with van der Waals surface area (Å²) in [6.07, 6.45) is 0. The predicted octanol–water partition coefficient (Wildman–Crippen LogP) is 2.60. The van der Waals surface area contributed by atoms with Crippen molar-refractivity contribution in [3.05, 3.63) is 24.0 Å². The Morgan fingerprint density at radius 3 is 2.60 bits per heavy atom. The van der Waals surface area contributed by atoms with E-state index in [9.17, 15) is 9.18 Å². The summed E-state index contributed by atoms with van der Waals surface area (Å²) in [4.78, 5) is 10.8. The van der Waals surface area contributed by atoms with Gasteiger partial charge >= 0.3 is 0 Å². The van der Waals surface area contributed by atoms with Gasteiger partial charge in [0.25, 0.3) is 0 Å². The van der Waals surface area contributed by atoms with E-state index in [0.717, 1.165) is 0 Å². The van der Waals surface area contributed by atoms with Crippen LogP contribution >= 0.6 is 0 Å². The van der Waals surface area contributed by atoms with Crippen molar-refractivity contribution in [1.29, 1.82) is 0 Å². The molecule has 1 aromatic rings. The molecule has 2 N–H and O–H groups in total. The van der Waals surface area contributed by atoms with E-state index in [2.05, 4.69) is 10.6 Å². The number of hydrogen-bond acceptors (Lipinski definition) is 2. The fourth-order valence-electron chi connectivity index (χ4n) is 1.23. The molecule has 0 aromatic heterocycles. The zero-order chi connectivity index (χ0) is 11.4. The van der Waals surface area contributed by atoms with Gasteiger partial charge in [-0.25, -0.2) is 4.39 Å². The van der Waals surface area contributed by atoms with E-state index in [1.807, 2.05) is 13.8 Å². The molecule has 0 aliphatic heterocycles. The van der Waals surface area contributed by atoms with Gasteiger partial charge in [-0.2, -0.15) is 0 Å². The lowest BCUT2D eigenvalue weighted by atomic mass is 10.2. The molecule has 4 heteroatoms. The van der Waals surface area contributed by atoms with Crippen LogP contribution in [0, 0.1) is 5.82 Å². The molecule has 15 heavy (non-hydrogen) atoms. The first-order chi connectivity index (χ1) is 6.99. The summed E-state index contributed by atoms with van der Waals surface area (Å²) in [5.74, 6) is -0.491. The Morgan fingerprint density at radius 2 is 2.07 bits per heavy atom. The van der Waals surface area contributed by atoms with Gasteiger partial charge in [-0.3, -0.25) is 4.79 Å². The highest BCUT2D eigenvalue weighted by Gasteiger charge is 2.05. The highest BCUT2D eigenvalue weighted by atomic mass is 19.1. The van der Waals surface area contributed by atoms with Crippen LogP contribution in [0.3, 0.4) is 0 Å². The minimum absolute atomic E-state index is 0.145. The van der Waals surface area contributed by atoms with Crippen molar-refractivity contribution in [1.82, 2.24) is 0 Å².